The monoisotopic (exact) mass is 274 g/mol. The van der Waals surface area contributed by atoms with Crippen LogP contribution in [-0.2, 0) is 0 Å². The number of nitro groups is 1. The second-order valence-corrected chi connectivity index (χ2v) is 3.19. The van der Waals surface area contributed by atoms with E-state index < -0.39 is 29.4 Å². The number of nitrogens with zero attached hydrogens (tertiary/aromatic N) is 1. The molecule has 1 aromatic rings. The Bertz CT molecular complexity index is 380. The minimum atomic E-state index is -4.30. The number of alkyl halides is 3. The molecule has 1 rings (SSSR count). The average Bonchev–Trinajstić information content (AvgIpc) is 2.61. The van der Waals surface area contributed by atoms with Crippen LogP contribution in [0, 0.1) is 10.1 Å². The normalized spacial score (nSPS) is 12.9. The van der Waals surface area contributed by atoms with E-state index in [0.717, 1.165) is 6.07 Å². The van der Waals surface area contributed by atoms with Crippen molar-refractivity contribution in [1.82, 2.24) is 0 Å². The molecule has 0 fully saturated rings. The van der Waals surface area contributed by atoms with Crippen LogP contribution in [-0.4, -0.2) is 11.1 Å². The average molecular weight is 275 g/mol. The third-order valence-electron chi connectivity index (χ3n) is 1.90. The molecule has 0 aliphatic heterocycles. The Balaban J connectivity index is 0.00000256. The first-order chi connectivity index (χ1) is 7.29. The van der Waals surface area contributed by atoms with Crippen molar-refractivity contribution in [3.8, 4) is 0 Å². The number of nitrogens with two attached hydrogens (primary N) is 1. The maximum atomic E-state index is 11.9. The van der Waals surface area contributed by atoms with E-state index in [0.29, 0.717) is 0 Å². The van der Waals surface area contributed by atoms with Crippen molar-refractivity contribution in [1.29, 1.82) is 0 Å². The maximum Gasteiger partial charge on any atom is 0.433 e. The number of halogens is 4. The Kier molecular flexibility index (Phi) is 5.43. The van der Waals surface area contributed by atoms with Crippen LogP contribution in [0.25, 0.3) is 0 Å². The molecule has 1 heterocycles. The van der Waals surface area contributed by atoms with Gasteiger partial charge in [-0.2, -0.15) is 13.2 Å². The van der Waals surface area contributed by atoms with Crippen LogP contribution in [0.2, 0.25) is 0 Å². The fourth-order valence-corrected chi connectivity index (χ4v) is 1.10. The van der Waals surface area contributed by atoms with E-state index in [1.54, 1.807) is 0 Å². The van der Waals surface area contributed by atoms with E-state index in [9.17, 15) is 23.3 Å². The molecule has 1 atom stereocenters. The highest BCUT2D eigenvalue weighted by Gasteiger charge is 2.28. The lowest BCUT2D eigenvalue weighted by atomic mass is 10.1. The summed E-state index contributed by atoms with van der Waals surface area (Å²) in [5.74, 6) is -0.548. The van der Waals surface area contributed by atoms with Gasteiger partial charge in [0.2, 0.25) is 0 Å². The first-order valence-corrected chi connectivity index (χ1v) is 4.36. The Morgan fingerprint density at radius 1 is 1.47 bits per heavy atom. The Labute approximate surface area is 100 Å². The van der Waals surface area contributed by atoms with Crippen LogP contribution in [0.15, 0.2) is 16.5 Å². The van der Waals surface area contributed by atoms with Crippen molar-refractivity contribution in [2.24, 2.45) is 5.73 Å². The van der Waals surface area contributed by atoms with E-state index in [-0.39, 0.29) is 24.6 Å². The van der Waals surface area contributed by atoms with Crippen molar-refractivity contribution in [2.45, 2.75) is 25.1 Å². The van der Waals surface area contributed by atoms with Crippen LogP contribution >= 0.6 is 12.4 Å². The van der Waals surface area contributed by atoms with Crippen LogP contribution in [0.4, 0.5) is 19.1 Å². The summed E-state index contributed by atoms with van der Waals surface area (Å²) < 4.78 is 40.3. The van der Waals surface area contributed by atoms with Gasteiger partial charge in [-0.3, -0.25) is 10.1 Å². The fraction of sp³-hybridized carbons (Fsp3) is 0.500. The van der Waals surface area contributed by atoms with Gasteiger partial charge in [0.1, 0.15) is 10.7 Å². The summed E-state index contributed by atoms with van der Waals surface area (Å²) in [6.45, 7) is 0. The molecule has 0 aliphatic carbocycles. The summed E-state index contributed by atoms with van der Waals surface area (Å²) in [4.78, 5) is 9.47. The van der Waals surface area contributed by atoms with Gasteiger partial charge in [-0.15, -0.1) is 12.4 Å². The summed E-state index contributed by atoms with van der Waals surface area (Å²) >= 11 is 0. The molecule has 0 unspecified atom stereocenters. The Hall–Kier alpha value is -1.28. The minimum Gasteiger partial charge on any atom is -0.404 e. The van der Waals surface area contributed by atoms with Crippen molar-refractivity contribution in [2.75, 3.05) is 0 Å². The zero-order valence-electron chi connectivity index (χ0n) is 8.44. The summed E-state index contributed by atoms with van der Waals surface area (Å²) in [7, 11) is 0. The molecular weight excluding hydrogens is 265 g/mol. The van der Waals surface area contributed by atoms with Gasteiger partial charge in [-0.1, -0.05) is 0 Å². The second kappa shape index (κ2) is 5.87. The van der Waals surface area contributed by atoms with Crippen molar-refractivity contribution >= 4 is 18.3 Å². The Morgan fingerprint density at radius 2 is 2.06 bits per heavy atom. The fourth-order valence-electron chi connectivity index (χ4n) is 1.10. The first kappa shape index (κ1) is 15.7. The highest BCUT2D eigenvalue weighted by atomic mass is 35.5. The molecule has 9 heteroatoms. The molecule has 0 amide bonds. The number of furan rings is 1. The van der Waals surface area contributed by atoms with Gasteiger partial charge in [0.25, 0.3) is 0 Å². The molecule has 2 N–H and O–H groups in total. The molecule has 0 saturated heterocycles. The highest BCUT2D eigenvalue weighted by molar-refractivity contribution is 5.85. The Morgan fingerprint density at radius 3 is 2.47 bits per heavy atom. The summed E-state index contributed by atoms with van der Waals surface area (Å²) in [6.07, 6.45) is -5.72. The topological polar surface area (TPSA) is 82.3 Å². The van der Waals surface area contributed by atoms with Gasteiger partial charge >= 0.3 is 12.1 Å². The van der Waals surface area contributed by atoms with E-state index in [2.05, 4.69) is 4.42 Å². The quantitative estimate of drug-likeness (QED) is 0.676. The molecule has 1 aromatic heterocycles. The third-order valence-corrected chi connectivity index (χ3v) is 1.90. The predicted molar refractivity (Wildman–Crippen MR) is 54.8 cm³/mol. The molecule has 0 aliphatic rings. The molecule has 0 radical (unpaired) electrons. The van der Waals surface area contributed by atoms with Crippen LogP contribution in [0.1, 0.15) is 24.6 Å². The van der Waals surface area contributed by atoms with E-state index in [1.165, 1.54) is 6.07 Å². The van der Waals surface area contributed by atoms with Gasteiger partial charge in [0, 0.05) is 6.42 Å². The van der Waals surface area contributed by atoms with Crippen LogP contribution in [0.3, 0.4) is 0 Å². The van der Waals surface area contributed by atoms with Crippen molar-refractivity contribution < 1.29 is 22.5 Å². The van der Waals surface area contributed by atoms with Crippen molar-refractivity contribution in [3.05, 3.63) is 28.0 Å². The number of hydrogen-bond donors (Lipinski definition) is 1. The lowest BCUT2D eigenvalue weighted by Crippen LogP contribution is -2.15. The third kappa shape index (κ3) is 5.05. The highest BCUT2D eigenvalue weighted by Crippen LogP contribution is 2.28. The largest absolute Gasteiger partial charge is 0.433 e. The molecule has 98 valence electrons. The standard InChI is InChI=1S/C8H9F3N2O3.ClH/c9-8(10,11)4-3-5(12)6-1-2-7(16-6)13(14)15;/h1-2,5H,3-4,12H2;1H/t5-;/m0./s1. The predicted octanol–water partition coefficient (Wildman–Crippen LogP) is 2.95. The van der Waals surface area contributed by atoms with Gasteiger partial charge in [0.15, 0.2) is 0 Å². The minimum absolute atomic E-state index is 0. The second-order valence-electron chi connectivity index (χ2n) is 3.19. The SMILES string of the molecule is Cl.N[C@@H](CCC(F)(F)F)c1ccc([N+](=O)[O-])o1. The maximum absolute atomic E-state index is 11.9. The summed E-state index contributed by atoms with van der Waals surface area (Å²) in [5.41, 5.74) is 5.40. The van der Waals surface area contributed by atoms with E-state index >= 15 is 0 Å². The number of hydrogen-bond acceptors (Lipinski definition) is 4. The van der Waals surface area contributed by atoms with E-state index in [4.69, 9.17) is 5.73 Å². The van der Waals surface area contributed by atoms with Crippen LogP contribution in [0.5, 0.6) is 0 Å². The molecule has 0 saturated carbocycles. The zero-order chi connectivity index (χ0) is 12.3. The lowest BCUT2D eigenvalue weighted by Gasteiger charge is -2.10. The summed E-state index contributed by atoms with van der Waals surface area (Å²) in [5, 5.41) is 10.2. The summed E-state index contributed by atoms with van der Waals surface area (Å²) in [6, 6.07) is 1.28. The smallest absolute Gasteiger partial charge is 0.404 e. The van der Waals surface area contributed by atoms with Gasteiger partial charge in [0.05, 0.1) is 12.1 Å². The number of rotatable bonds is 4. The van der Waals surface area contributed by atoms with Crippen molar-refractivity contribution in [3.63, 3.8) is 0 Å². The molecule has 0 spiro atoms. The zero-order valence-corrected chi connectivity index (χ0v) is 9.25. The van der Waals surface area contributed by atoms with Gasteiger partial charge < -0.3 is 10.2 Å². The van der Waals surface area contributed by atoms with Gasteiger partial charge in [-0.25, -0.2) is 0 Å². The molecular formula is C8H10ClF3N2O3. The molecule has 0 bridgehead atoms. The molecule has 17 heavy (non-hydrogen) atoms. The lowest BCUT2D eigenvalue weighted by molar-refractivity contribution is -0.402. The first-order valence-electron chi connectivity index (χ1n) is 4.36. The van der Waals surface area contributed by atoms with Crippen LogP contribution < -0.4 is 5.73 Å². The molecule has 0 aromatic carbocycles. The van der Waals surface area contributed by atoms with Gasteiger partial charge in [-0.05, 0) is 12.5 Å². The van der Waals surface area contributed by atoms with E-state index in [1.807, 2.05) is 0 Å². The molecule has 5 nitrogen and oxygen atoms in total.